The lowest BCUT2D eigenvalue weighted by Crippen LogP contribution is -2.40. The van der Waals surface area contributed by atoms with Crippen molar-refractivity contribution in [3.63, 3.8) is 0 Å². The summed E-state index contributed by atoms with van der Waals surface area (Å²) in [6, 6.07) is 5.08. The predicted molar refractivity (Wildman–Crippen MR) is 32.0 cm³/mol. The van der Waals surface area contributed by atoms with Crippen LogP contribution >= 0.6 is 0 Å². The van der Waals surface area contributed by atoms with Gasteiger partial charge in [0.15, 0.2) is 12.4 Å². The van der Waals surface area contributed by atoms with E-state index in [9.17, 15) is 4.79 Å². The molecule has 0 radical (unpaired) electrons. The van der Waals surface area contributed by atoms with Crippen LogP contribution in [0, 0.1) is 0 Å². The summed E-state index contributed by atoms with van der Waals surface area (Å²) in [5.41, 5.74) is 0. The monoisotopic (exact) mass is 141 g/mol. The SMILES string of the molecule is O=C(O)[n+]1ccccc1.[OH-]. The van der Waals surface area contributed by atoms with E-state index in [0.29, 0.717) is 0 Å². The molecule has 1 aromatic rings. The lowest BCUT2D eigenvalue weighted by atomic mass is 10.5. The van der Waals surface area contributed by atoms with Crippen LogP contribution < -0.4 is 4.57 Å². The summed E-state index contributed by atoms with van der Waals surface area (Å²) < 4.78 is 1.08. The zero-order valence-corrected chi connectivity index (χ0v) is 5.14. The normalized spacial score (nSPS) is 8.00. The molecule has 4 heteroatoms. The first kappa shape index (κ1) is 8.58. The Kier molecular flexibility index (Phi) is 3.07. The summed E-state index contributed by atoms with van der Waals surface area (Å²) in [5.74, 6) is 0. The Hall–Kier alpha value is -1.42. The van der Waals surface area contributed by atoms with Crippen LogP contribution in [0.5, 0.6) is 0 Å². The van der Waals surface area contributed by atoms with Crippen LogP contribution in [0.4, 0.5) is 4.79 Å². The van der Waals surface area contributed by atoms with Crippen LogP contribution in [-0.4, -0.2) is 16.7 Å². The number of hydrogen-bond donors (Lipinski definition) is 1. The Balaban J connectivity index is 0.000000810. The third-order valence-corrected chi connectivity index (χ3v) is 0.936. The molecule has 0 aliphatic rings. The Morgan fingerprint density at radius 1 is 1.20 bits per heavy atom. The van der Waals surface area contributed by atoms with Gasteiger partial charge in [0.05, 0.1) is 0 Å². The minimum atomic E-state index is -0.962. The highest BCUT2D eigenvalue weighted by atomic mass is 16.4. The number of rotatable bonds is 0. The van der Waals surface area contributed by atoms with Gasteiger partial charge in [0.2, 0.25) is 0 Å². The molecule has 0 saturated carbocycles. The Bertz CT molecular complexity index is 209. The smallest absolute Gasteiger partial charge is 0.599 e. The van der Waals surface area contributed by atoms with E-state index in [1.54, 1.807) is 18.2 Å². The maximum absolute atomic E-state index is 10.2. The van der Waals surface area contributed by atoms with Crippen LogP contribution in [0.2, 0.25) is 0 Å². The van der Waals surface area contributed by atoms with Gasteiger partial charge < -0.3 is 10.6 Å². The van der Waals surface area contributed by atoms with Crippen LogP contribution in [0.3, 0.4) is 0 Å². The molecule has 0 unspecified atom stereocenters. The average Bonchev–Trinajstić information content (AvgIpc) is 1.90. The summed E-state index contributed by atoms with van der Waals surface area (Å²) in [4.78, 5) is 10.2. The summed E-state index contributed by atoms with van der Waals surface area (Å²) in [6.07, 6.45) is 1.99. The standard InChI is InChI=1S/C6H5NO2.H2O/c8-6(9)7-4-2-1-3-5-7;/h1-5H;1H2. The zero-order chi connectivity index (χ0) is 6.69. The second kappa shape index (κ2) is 3.58. The third kappa shape index (κ3) is 1.83. The van der Waals surface area contributed by atoms with Gasteiger partial charge in [0.25, 0.3) is 0 Å². The molecule has 0 atom stereocenters. The molecular formula is C6H7NO3. The quantitative estimate of drug-likeness (QED) is 0.529. The molecule has 1 aromatic heterocycles. The van der Waals surface area contributed by atoms with Crippen molar-refractivity contribution in [3.8, 4) is 0 Å². The van der Waals surface area contributed by atoms with Crippen LogP contribution in [0.15, 0.2) is 30.6 Å². The first-order valence-electron chi connectivity index (χ1n) is 2.50. The maximum Gasteiger partial charge on any atom is 0.599 e. The van der Waals surface area contributed by atoms with Crippen molar-refractivity contribution in [2.45, 2.75) is 0 Å². The maximum atomic E-state index is 10.2. The fraction of sp³-hybridized carbons (Fsp3) is 0. The van der Waals surface area contributed by atoms with E-state index >= 15 is 0 Å². The summed E-state index contributed by atoms with van der Waals surface area (Å²) >= 11 is 0. The van der Waals surface area contributed by atoms with Gasteiger partial charge >= 0.3 is 6.09 Å². The van der Waals surface area contributed by atoms with Crippen LogP contribution in [-0.2, 0) is 0 Å². The number of pyridine rings is 1. The van der Waals surface area contributed by atoms with Crippen molar-refractivity contribution in [2.75, 3.05) is 0 Å². The lowest BCUT2D eigenvalue weighted by Gasteiger charge is -1.81. The molecule has 2 N–H and O–H groups in total. The van der Waals surface area contributed by atoms with E-state index in [0.717, 1.165) is 4.57 Å². The van der Waals surface area contributed by atoms with Gasteiger partial charge in [-0.1, -0.05) is 10.6 Å². The van der Waals surface area contributed by atoms with E-state index in [4.69, 9.17) is 5.11 Å². The molecule has 0 amide bonds. The minimum Gasteiger partial charge on any atom is -0.870 e. The topological polar surface area (TPSA) is 71.2 Å². The molecule has 10 heavy (non-hydrogen) atoms. The Labute approximate surface area is 57.7 Å². The van der Waals surface area contributed by atoms with E-state index in [1.165, 1.54) is 12.4 Å². The second-order valence-corrected chi connectivity index (χ2v) is 1.57. The van der Waals surface area contributed by atoms with Crippen LogP contribution in [0.25, 0.3) is 0 Å². The van der Waals surface area contributed by atoms with E-state index in [-0.39, 0.29) is 5.48 Å². The molecule has 1 heterocycles. The van der Waals surface area contributed by atoms with Gasteiger partial charge in [-0.2, -0.15) is 4.79 Å². The molecule has 0 aromatic carbocycles. The third-order valence-electron chi connectivity index (χ3n) is 0.936. The van der Waals surface area contributed by atoms with Gasteiger partial charge in [0.1, 0.15) is 0 Å². The molecule has 0 fully saturated rings. The molecule has 0 spiro atoms. The molecule has 0 saturated heterocycles. The van der Waals surface area contributed by atoms with Crippen molar-refractivity contribution in [1.82, 2.24) is 0 Å². The number of hydrogen-bond acceptors (Lipinski definition) is 2. The number of aromatic nitrogens is 1. The second-order valence-electron chi connectivity index (χ2n) is 1.57. The van der Waals surface area contributed by atoms with Gasteiger partial charge in [-0.3, -0.25) is 0 Å². The number of carboxylic acid groups (broad SMARTS) is 1. The van der Waals surface area contributed by atoms with E-state index < -0.39 is 6.09 Å². The molecule has 1 rings (SSSR count). The number of carbonyl (C=O) groups is 1. The largest absolute Gasteiger partial charge is 0.870 e. The molecule has 0 aliphatic heterocycles. The van der Waals surface area contributed by atoms with Gasteiger partial charge in [-0.25, -0.2) is 0 Å². The summed E-state index contributed by atoms with van der Waals surface area (Å²) in [7, 11) is 0. The zero-order valence-electron chi connectivity index (χ0n) is 5.14. The fourth-order valence-electron chi connectivity index (χ4n) is 0.526. The average molecular weight is 141 g/mol. The van der Waals surface area contributed by atoms with Gasteiger partial charge in [-0.15, -0.1) is 0 Å². The predicted octanol–water partition coefficient (Wildman–Crippen LogP) is 0.323. The van der Waals surface area contributed by atoms with Gasteiger partial charge in [0, 0.05) is 12.1 Å². The summed E-state index contributed by atoms with van der Waals surface area (Å²) in [6.45, 7) is 0. The van der Waals surface area contributed by atoms with Crippen molar-refractivity contribution in [2.24, 2.45) is 0 Å². The molecular weight excluding hydrogens is 134 g/mol. The fourth-order valence-corrected chi connectivity index (χ4v) is 0.526. The Morgan fingerprint density at radius 3 is 2.00 bits per heavy atom. The first-order chi connectivity index (χ1) is 4.30. The van der Waals surface area contributed by atoms with Crippen molar-refractivity contribution in [3.05, 3.63) is 30.6 Å². The Morgan fingerprint density at radius 2 is 1.70 bits per heavy atom. The molecule has 0 aliphatic carbocycles. The van der Waals surface area contributed by atoms with Crippen molar-refractivity contribution >= 4 is 6.09 Å². The summed E-state index contributed by atoms with van der Waals surface area (Å²) in [5, 5.41) is 8.35. The minimum absolute atomic E-state index is 0. The number of nitrogens with zero attached hydrogens (tertiary/aromatic N) is 1. The molecule has 0 bridgehead atoms. The molecule has 54 valence electrons. The van der Waals surface area contributed by atoms with Gasteiger partial charge in [-0.05, 0) is 0 Å². The van der Waals surface area contributed by atoms with E-state index in [1.807, 2.05) is 0 Å². The highest BCUT2D eigenvalue weighted by Gasteiger charge is 2.06. The van der Waals surface area contributed by atoms with Crippen molar-refractivity contribution < 1.29 is 19.9 Å². The highest BCUT2D eigenvalue weighted by molar-refractivity contribution is 5.53. The molecule has 4 nitrogen and oxygen atoms in total. The van der Waals surface area contributed by atoms with E-state index in [2.05, 4.69) is 0 Å². The lowest BCUT2D eigenvalue weighted by molar-refractivity contribution is -0.584. The van der Waals surface area contributed by atoms with Crippen molar-refractivity contribution in [1.29, 1.82) is 0 Å². The van der Waals surface area contributed by atoms with Crippen LogP contribution in [0.1, 0.15) is 0 Å². The first-order valence-corrected chi connectivity index (χ1v) is 2.50. The highest BCUT2D eigenvalue weighted by Crippen LogP contribution is 1.74.